The molecular weight excluding hydrogens is 330 g/mol. The van der Waals surface area contributed by atoms with Crippen molar-refractivity contribution in [3.05, 3.63) is 15.9 Å². The van der Waals surface area contributed by atoms with E-state index >= 15 is 0 Å². The van der Waals surface area contributed by atoms with E-state index in [0.29, 0.717) is 17.3 Å². The molecule has 0 aliphatic rings. The van der Waals surface area contributed by atoms with E-state index in [2.05, 4.69) is 20.7 Å². The number of hydrogen-bond donors (Lipinski definition) is 2. The maximum Gasteiger partial charge on any atom is 0.303 e. The quantitative estimate of drug-likeness (QED) is 0.743. The van der Waals surface area contributed by atoms with Gasteiger partial charge in [0, 0.05) is 17.4 Å². The van der Waals surface area contributed by atoms with Crippen molar-refractivity contribution in [1.29, 1.82) is 0 Å². The topological polar surface area (TPSA) is 83.5 Å². The molecule has 5 nitrogen and oxygen atoms in total. The molecule has 17 heavy (non-hydrogen) atoms. The van der Waals surface area contributed by atoms with Gasteiger partial charge in [-0.1, -0.05) is 0 Å². The van der Waals surface area contributed by atoms with Gasteiger partial charge in [0.05, 0.1) is 0 Å². The number of carboxylic acid groups (broad SMARTS) is 1. The van der Waals surface area contributed by atoms with Crippen LogP contribution in [0.25, 0.3) is 0 Å². The third-order valence-corrected chi connectivity index (χ3v) is 6.07. The summed E-state index contributed by atoms with van der Waals surface area (Å²) in [6, 6.07) is 1.67. The maximum absolute atomic E-state index is 11.8. The van der Waals surface area contributed by atoms with E-state index in [0.717, 1.165) is 11.3 Å². The lowest BCUT2D eigenvalue weighted by Crippen LogP contribution is -2.24. The first-order valence-corrected chi connectivity index (χ1v) is 8.03. The van der Waals surface area contributed by atoms with Crippen molar-refractivity contribution in [3.63, 3.8) is 0 Å². The summed E-state index contributed by atoms with van der Waals surface area (Å²) >= 11 is 4.29. The van der Waals surface area contributed by atoms with Gasteiger partial charge in [0.25, 0.3) is 10.0 Å². The predicted octanol–water partition coefficient (Wildman–Crippen LogP) is 2.04. The van der Waals surface area contributed by atoms with Crippen LogP contribution in [0.1, 0.15) is 19.3 Å². The smallest absolute Gasteiger partial charge is 0.303 e. The average molecular weight is 342 g/mol. The van der Waals surface area contributed by atoms with Gasteiger partial charge in [-0.25, -0.2) is 13.1 Å². The van der Waals surface area contributed by atoms with E-state index < -0.39 is 16.0 Å². The van der Waals surface area contributed by atoms with E-state index in [1.54, 1.807) is 11.4 Å². The molecule has 96 valence electrons. The molecule has 0 atom stereocenters. The van der Waals surface area contributed by atoms with E-state index in [-0.39, 0.29) is 17.2 Å². The van der Waals surface area contributed by atoms with Crippen LogP contribution in [0, 0.1) is 0 Å². The first-order valence-electron chi connectivity index (χ1n) is 4.88. The predicted molar refractivity (Wildman–Crippen MR) is 68.7 cm³/mol. The Balaban J connectivity index is 2.41. The molecule has 8 heteroatoms. The Hall–Kier alpha value is -0.440. The fourth-order valence-corrected chi connectivity index (χ4v) is 4.60. The van der Waals surface area contributed by atoms with Gasteiger partial charge < -0.3 is 5.11 Å². The van der Waals surface area contributed by atoms with Gasteiger partial charge in [-0.3, -0.25) is 4.79 Å². The number of hydrogen-bond acceptors (Lipinski definition) is 4. The zero-order valence-electron chi connectivity index (χ0n) is 8.85. The molecule has 2 N–H and O–H groups in total. The van der Waals surface area contributed by atoms with Crippen LogP contribution in [0.2, 0.25) is 0 Å². The summed E-state index contributed by atoms with van der Waals surface area (Å²) in [5.74, 6) is -0.867. The fourth-order valence-electron chi connectivity index (χ4n) is 1.14. The number of halogens is 1. The minimum atomic E-state index is -3.47. The number of carbonyl (C=O) groups is 1. The lowest BCUT2D eigenvalue weighted by Gasteiger charge is -2.04. The Morgan fingerprint density at radius 2 is 2.18 bits per heavy atom. The second kappa shape index (κ2) is 6.48. The molecule has 0 saturated heterocycles. The molecule has 1 aromatic rings. The zero-order chi connectivity index (χ0) is 12.9. The molecule has 0 fully saturated rings. The minimum Gasteiger partial charge on any atom is -0.481 e. The highest BCUT2D eigenvalue weighted by molar-refractivity contribution is 9.10. The van der Waals surface area contributed by atoms with Gasteiger partial charge in [0.15, 0.2) is 0 Å². The third-order valence-electron chi connectivity index (χ3n) is 1.94. The third kappa shape index (κ3) is 4.74. The molecule has 1 aromatic heterocycles. The van der Waals surface area contributed by atoms with E-state index in [4.69, 9.17) is 5.11 Å². The summed E-state index contributed by atoms with van der Waals surface area (Å²) in [6.07, 6.45) is 1.03. The molecular formula is C9H12BrNO4S2. The summed E-state index contributed by atoms with van der Waals surface area (Å²) in [7, 11) is -3.47. The summed E-state index contributed by atoms with van der Waals surface area (Å²) < 4.78 is 26.8. The van der Waals surface area contributed by atoms with Crippen LogP contribution in [0.15, 0.2) is 20.1 Å². The van der Waals surface area contributed by atoms with Gasteiger partial charge in [-0.05, 0) is 40.2 Å². The number of aliphatic carboxylic acids is 1. The molecule has 0 spiro atoms. The number of unbranched alkanes of at least 4 members (excludes halogenated alkanes) is 1. The molecule has 0 saturated carbocycles. The van der Waals surface area contributed by atoms with Crippen molar-refractivity contribution < 1.29 is 18.3 Å². The lowest BCUT2D eigenvalue weighted by molar-refractivity contribution is -0.137. The van der Waals surface area contributed by atoms with E-state index in [1.165, 1.54) is 0 Å². The molecule has 0 amide bonds. The van der Waals surface area contributed by atoms with Crippen molar-refractivity contribution in [3.8, 4) is 0 Å². The second-order valence-electron chi connectivity index (χ2n) is 3.30. The van der Waals surface area contributed by atoms with Gasteiger partial charge in [-0.15, -0.1) is 11.3 Å². The maximum atomic E-state index is 11.8. The number of sulfonamides is 1. The monoisotopic (exact) mass is 341 g/mol. The molecule has 0 aliphatic carbocycles. The van der Waals surface area contributed by atoms with Crippen molar-refractivity contribution in [2.75, 3.05) is 6.54 Å². The van der Waals surface area contributed by atoms with Gasteiger partial charge in [0.1, 0.15) is 4.21 Å². The normalized spacial score (nSPS) is 11.6. The summed E-state index contributed by atoms with van der Waals surface area (Å²) in [5.41, 5.74) is 0. The number of nitrogens with one attached hydrogen (secondary N) is 1. The Bertz CT molecular complexity index is 483. The highest BCUT2D eigenvalue weighted by Crippen LogP contribution is 2.27. The lowest BCUT2D eigenvalue weighted by atomic mass is 10.2. The van der Waals surface area contributed by atoms with Gasteiger partial charge in [-0.2, -0.15) is 0 Å². The van der Waals surface area contributed by atoms with E-state index in [9.17, 15) is 13.2 Å². The van der Waals surface area contributed by atoms with Crippen LogP contribution in [-0.2, 0) is 14.8 Å². The van der Waals surface area contributed by atoms with Crippen LogP contribution >= 0.6 is 27.3 Å². The summed E-state index contributed by atoms with van der Waals surface area (Å²) in [5, 5.41) is 10.1. The first kappa shape index (κ1) is 14.6. The van der Waals surface area contributed by atoms with Crippen molar-refractivity contribution in [1.82, 2.24) is 4.72 Å². The Kier molecular flexibility index (Phi) is 5.57. The van der Waals surface area contributed by atoms with Gasteiger partial charge in [0.2, 0.25) is 0 Å². The SMILES string of the molecule is O=C(O)CCCCNS(=O)(=O)c1sccc1Br. The van der Waals surface area contributed by atoms with Crippen LogP contribution < -0.4 is 4.72 Å². The Morgan fingerprint density at radius 1 is 1.47 bits per heavy atom. The molecule has 1 heterocycles. The summed E-state index contributed by atoms with van der Waals surface area (Å²) in [6.45, 7) is 0.250. The van der Waals surface area contributed by atoms with Crippen molar-refractivity contribution in [2.24, 2.45) is 0 Å². The molecule has 1 rings (SSSR count). The van der Waals surface area contributed by atoms with Crippen LogP contribution in [0.5, 0.6) is 0 Å². The Labute approximate surface area is 112 Å². The zero-order valence-corrected chi connectivity index (χ0v) is 12.1. The number of rotatable bonds is 7. The molecule has 0 unspecified atom stereocenters. The molecule has 0 bridgehead atoms. The summed E-state index contributed by atoms with van der Waals surface area (Å²) in [4.78, 5) is 10.2. The fraction of sp³-hybridized carbons (Fsp3) is 0.444. The van der Waals surface area contributed by atoms with Crippen molar-refractivity contribution >= 4 is 43.3 Å². The highest BCUT2D eigenvalue weighted by atomic mass is 79.9. The second-order valence-corrected chi connectivity index (χ2v) is 7.04. The van der Waals surface area contributed by atoms with Crippen molar-refractivity contribution in [2.45, 2.75) is 23.5 Å². The number of thiophene rings is 1. The Morgan fingerprint density at radius 3 is 2.71 bits per heavy atom. The van der Waals surface area contributed by atoms with Crippen LogP contribution in [0.3, 0.4) is 0 Å². The van der Waals surface area contributed by atoms with Crippen LogP contribution in [0.4, 0.5) is 0 Å². The number of carboxylic acids is 1. The molecule has 0 aromatic carbocycles. The average Bonchev–Trinajstić information content (AvgIpc) is 2.64. The van der Waals surface area contributed by atoms with E-state index in [1.807, 2.05) is 0 Å². The largest absolute Gasteiger partial charge is 0.481 e. The van der Waals surface area contributed by atoms with Crippen LogP contribution in [-0.4, -0.2) is 26.0 Å². The molecule has 0 aliphatic heterocycles. The molecule has 0 radical (unpaired) electrons. The van der Waals surface area contributed by atoms with Gasteiger partial charge >= 0.3 is 5.97 Å². The highest BCUT2D eigenvalue weighted by Gasteiger charge is 2.18. The first-order chi connectivity index (χ1) is 7.93. The standard InChI is InChI=1S/C9H12BrNO4S2/c10-7-4-6-16-9(7)17(14,15)11-5-2-1-3-8(12)13/h4,6,11H,1-3,5H2,(H,12,13). The minimum absolute atomic E-state index is 0.0599.